The number of amides is 2. The summed E-state index contributed by atoms with van der Waals surface area (Å²) in [6.07, 6.45) is 0.767. The van der Waals surface area contributed by atoms with Crippen LogP contribution in [0.25, 0.3) is 0 Å². The number of urea groups is 1. The summed E-state index contributed by atoms with van der Waals surface area (Å²) in [6, 6.07) is 3.87. The molecule has 0 bridgehead atoms. The van der Waals surface area contributed by atoms with Crippen LogP contribution in [0.15, 0.2) is 18.2 Å². The Bertz CT molecular complexity index is 410. The van der Waals surface area contributed by atoms with Crippen LogP contribution < -0.4 is 10.6 Å². The van der Waals surface area contributed by atoms with Crippen molar-refractivity contribution in [2.75, 3.05) is 19.0 Å². The van der Waals surface area contributed by atoms with Gasteiger partial charge in [-0.1, -0.05) is 13.0 Å². The SMILES string of the molecule is CCC(COC)NC(=O)Nc1cc(F)ccc1C. The molecule has 0 saturated carbocycles. The first-order chi connectivity index (χ1) is 8.56. The Kier molecular flexibility index (Phi) is 5.58. The van der Waals surface area contributed by atoms with Gasteiger partial charge >= 0.3 is 6.03 Å². The summed E-state index contributed by atoms with van der Waals surface area (Å²) in [5.41, 5.74) is 1.28. The fourth-order valence-electron chi connectivity index (χ4n) is 1.54. The molecule has 0 spiro atoms. The lowest BCUT2D eigenvalue weighted by Crippen LogP contribution is -2.40. The quantitative estimate of drug-likeness (QED) is 0.848. The van der Waals surface area contributed by atoms with E-state index in [4.69, 9.17) is 4.74 Å². The zero-order valence-electron chi connectivity index (χ0n) is 10.9. The van der Waals surface area contributed by atoms with Crippen molar-refractivity contribution in [1.82, 2.24) is 5.32 Å². The van der Waals surface area contributed by atoms with Crippen LogP contribution in [-0.2, 0) is 4.74 Å². The van der Waals surface area contributed by atoms with Gasteiger partial charge in [-0.2, -0.15) is 0 Å². The summed E-state index contributed by atoms with van der Waals surface area (Å²) in [6.45, 7) is 4.21. The highest BCUT2D eigenvalue weighted by molar-refractivity contribution is 5.90. The predicted octanol–water partition coefficient (Wildman–Crippen LogP) is 2.68. The van der Waals surface area contributed by atoms with Crippen molar-refractivity contribution in [3.05, 3.63) is 29.6 Å². The van der Waals surface area contributed by atoms with Gasteiger partial charge in [0, 0.05) is 12.8 Å². The van der Waals surface area contributed by atoms with Gasteiger partial charge in [0.25, 0.3) is 0 Å². The normalized spacial score (nSPS) is 12.0. The van der Waals surface area contributed by atoms with Crippen LogP contribution in [0.4, 0.5) is 14.9 Å². The molecule has 0 heterocycles. The molecule has 1 unspecified atom stereocenters. The summed E-state index contributed by atoms with van der Waals surface area (Å²) in [5, 5.41) is 5.39. The first kappa shape index (κ1) is 14.4. The molecule has 18 heavy (non-hydrogen) atoms. The van der Waals surface area contributed by atoms with E-state index in [1.807, 2.05) is 13.8 Å². The van der Waals surface area contributed by atoms with Gasteiger partial charge in [-0.25, -0.2) is 9.18 Å². The summed E-state index contributed by atoms with van der Waals surface area (Å²) in [4.78, 5) is 11.7. The molecule has 1 atom stereocenters. The summed E-state index contributed by atoms with van der Waals surface area (Å²) >= 11 is 0. The molecule has 1 rings (SSSR count). The smallest absolute Gasteiger partial charge is 0.319 e. The van der Waals surface area contributed by atoms with Gasteiger partial charge in [-0.05, 0) is 31.0 Å². The highest BCUT2D eigenvalue weighted by Crippen LogP contribution is 2.15. The number of carbonyl (C=O) groups is 1. The Hall–Kier alpha value is -1.62. The minimum Gasteiger partial charge on any atom is -0.383 e. The van der Waals surface area contributed by atoms with Gasteiger partial charge in [0.2, 0.25) is 0 Å². The van der Waals surface area contributed by atoms with E-state index in [1.54, 1.807) is 13.2 Å². The molecular formula is C13H19FN2O2. The lowest BCUT2D eigenvalue weighted by atomic mass is 10.2. The van der Waals surface area contributed by atoms with Gasteiger partial charge in [-0.3, -0.25) is 0 Å². The topological polar surface area (TPSA) is 50.4 Å². The lowest BCUT2D eigenvalue weighted by Gasteiger charge is -2.17. The molecule has 0 aromatic heterocycles. The van der Waals surface area contributed by atoms with Crippen molar-refractivity contribution in [3.8, 4) is 0 Å². The Morgan fingerprint density at radius 3 is 2.83 bits per heavy atom. The number of halogens is 1. The maximum absolute atomic E-state index is 13.1. The van der Waals surface area contributed by atoms with Gasteiger partial charge in [-0.15, -0.1) is 0 Å². The van der Waals surface area contributed by atoms with Crippen molar-refractivity contribution in [2.45, 2.75) is 26.3 Å². The minimum absolute atomic E-state index is 0.0520. The number of hydrogen-bond acceptors (Lipinski definition) is 2. The molecule has 1 aromatic carbocycles. The number of benzene rings is 1. The lowest BCUT2D eigenvalue weighted by molar-refractivity contribution is 0.165. The largest absolute Gasteiger partial charge is 0.383 e. The van der Waals surface area contributed by atoms with Crippen LogP contribution in [0, 0.1) is 12.7 Å². The minimum atomic E-state index is -0.375. The molecule has 0 aliphatic carbocycles. The van der Waals surface area contributed by atoms with E-state index in [-0.39, 0.29) is 17.9 Å². The number of nitrogens with one attached hydrogen (secondary N) is 2. The molecule has 0 saturated heterocycles. The Balaban J connectivity index is 2.61. The Morgan fingerprint density at radius 1 is 1.50 bits per heavy atom. The van der Waals surface area contributed by atoms with Crippen molar-refractivity contribution in [1.29, 1.82) is 0 Å². The highest BCUT2D eigenvalue weighted by atomic mass is 19.1. The van der Waals surface area contributed by atoms with Crippen molar-refractivity contribution in [2.24, 2.45) is 0 Å². The van der Waals surface area contributed by atoms with Crippen molar-refractivity contribution in [3.63, 3.8) is 0 Å². The number of carbonyl (C=O) groups excluding carboxylic acids is 1. The molecule has 4 nitrogen and oxygen atoms in total. The fraction of sp³-hybridized carbons (Fsp3) is 0.462. The maximum atomic E-state index is 13.1. The van der Waals surface area contributed by atoms with Crippen LogP contribution in [-0.4, -0.2) is 25.8 Å². The molecule has 2 amide bonds. The molecule has 0 aliphatic heterocycles. The number of ether oxygens (including phenoxy) is 1. The molecule has 0 aliphatic rings. The zero-order chi connectivity index (χ0) is 13.5. The Morgan fingerprint density at radius 2 is 2.22 bits per heavy atom. The van der Waals surface area contributed by atoms with Crippen molar-refractivity contribution < 1.29 is 13.9 Å². The number of anilines is 1. The zero-order valence-corrected chi connectivity index (χ0v) is 10.9. The van der Waals surface area contributed by atoms with Crippen LogP contribution >= 0.6 is 0 Å². The van der Waals surface area contributed by atoms with E-state index in [0.717, 1.165) is 12.0 Å². The number of hydrogen-bond donors (Lipinski definition) is 2. The maximum Gasteiger partial charge on any atom is 0.319 e. The summed E-state index contributed by atoms with van der Waals surface area (Å²) in [7, 11) is 1.58. The first-order valence-electron chi connectivity index (χ1n) is 5.89. The average Bonchev–Trinajstić information content (AvgIpc) is 2.33. The number of methoxy groups -OCH3 is 1. The van der Waals surface area contributed by atoms with E-state index >= 15 is 0 Å². The van der Waals surface area contributed by atoms with Gasteiger partial charge < -0.3 is 15.4 Å². The van der Waals surface area contributed by atoms with E-state index < -0.39 is 0 Å². The van der Waals surface area contributed by atoms with E-state index in [0.29, 0.717) is 12.3 Å². The second-order valence-electron chi connectivity index (χ2n) is 4.12. The van der Waals surface area contributed by atoms with Crippen LogP contribution in [0.2, 0.25) is 0 Å². The molecule has 100 valence electrons. The van der Waals surface area contributed by atoms with Crippen molar-refractivity contribution >= 4 is 11.7 Å². The molecule has 1 aromatic rings. The average molecular weight is 254 g/mol. The summed E-state index contributed by atoms with van der Waals surface area (Å²) < 4.78 is 18.0. The van der Waals surface area contributed by atoms with E-state index in [9.17, 15) is 9.18 Å². The third kappa shape index (κ3) is 4.33. The predicted molar refractivity (Wildman–Crippen MR) is 69.2 cm³/mol. The number of aryl methyl sites for hydroxylation is 1. The molecule has 5 heteroatoms. The second kappa shape index (κ2) is 6.96. The fourth-order valence-corrected chi connectivity index (χ4v) is 1.54. The van der Waals surface area contributed by atoms with Crippen LogP contribution in [0.5, 0.6) is 0 Å². The van der Waals surface area contributed by atoms with Crippen LogP contribution in [0.1, 0.15) is 18.9 Å². The highest BCUT2D eigenvalue weighted by Gasteiger charge is 2.11. The summed E-state index contributed by atoms with van der Waals surface area (Å²) in [5.74, 6) is -0.375. The van der Waals surface area contributed by atoms with Gasteiger partial charge in [0.05, 0.1) is 12.6 Å². The molecule has 0 fully saturated rings. The standard InChI is InChI=1S/C13H19FN2O2/c1-4-11(8-18-3)15-13(17)16-12-7-10(14)6-5-9(12)2/h5-7,11H,4,8H2,1-3H3,(H2,15,16,17). The third-order valence-corrected chi connectivity index (χ3v) is 2.64. The van der Waals surface area contributed by atoms with E-state index in [2.05, 4.69) is 10.6 Å². The second-order valence-corrected chi connectivity index (χ2v) is 4.12. The molecule has 2 N–H and O–H groups in total. The van der Waals surface area contributed by atoms with Gasteiger partial charge in [0.15, 0.2) is 0 Å². The first-order valence-corrected chi connectivity index (χ1v) is 5.89. The molecular weight excluding hydrogens is 235 g/mol. The van der Waals surface area contributed by atoms with Crippen LogP contribution in [0.3, 0.4) is 0 Å². The monoisotopic (exact) mass is 254 g/mol. The van der Waals surface area contributed by atoms with E-state index in [1.165, 1.54) is 12.1 Å². The van der Waals surface area contributed by atoms with Gasteiger partial charge in [0.1, 0.15) is 5.82 Å². The molecule has 0 radical (unpaired) electrons. The third-order valence-electron chi connectivity index (χ3n) is 2.64. The Labute approximate surface area is 107 Å². The number of rotatable bonds is 5.